The summed E-state index contributed by atoms with van der Waals surface area (Å²) in [4.78, 5) is 7.80. The molecule has 1 aromatic heterocycles. The summed E-state index contributed by atoms with van der Waals surface area (Å²) in [5.41, 5.74) is 7.95. The van der Waals surface area contributed by atoms with Crippen molar-refractivity contribution in [2.24, 2.45) is 5.73 Å². The molecule has 2 rings (SSSR count). The van der Waals surface area contributed by atoms with E-state index in [4.69, 9.17) is 10.5 Å². The van der Waals surface area contributed by atoms with Gasteiger partial charge in [0.15, 0.2) is 5.16 Å². The SMILES string of the molecule is CCCC(N)CSc1nc2ccc(OC)cc2[nH]1. The van der Waals surface area contributed by atoms with Gasteiger partial charge in [-0.15, -0.1) is 0 Å². The van der Waals surface area contributed by atoms with Crippen molar-refractivity contribution in [2.75, 3.05) is 12.9 Å². The fraction of sp³-hybridized carbons (Fsp3) is 0.462. The Morgan fingerprint density at radius 3 is 3.06 bits per heavy atom. The van der Waals surface area contributed by atoms with E-state index < -0.39 is 0 Å². The molecule has 0 saturated heterocycles. The van der Waals surface area contributed by atoms with E-state index in [0.29, 0.717) is 0 Å². The number of aromatic amines is 1. The van der Waals surface area contributed by atoms with Crippen LogP contribution in [0.5, 0.6) is 5.75 Å². The van der Waals surface area contributed by atoms with Crippen LogP contribution in [0.3, 0.4) is 0 Å². The van der Waals surface area contributed by atoms with Crippen LogP contribution < -0.4 is 10.5 Å². The smallest absolute Gasteiger partial charge is 0.166 e. The average molecular weight is 265 g/mol. The Morgan fingerprint density at radius 1 is 1.50 bits per heavy atom. The summed E-state index contributed by atoms with van der Waals surface area (Å²) < 4.78 is 5.19. The fourth-order valence-corrected chi connectivity index (χ4v) is 2.68. The molecule has 18 heavy (non-hydrogen) atoms. The Labute approximate surface area is 111 Å². The Kier molecular flexibility index (Phi) is 4.49. The molecule has 5 heteroatoms. The van der Waals surface area contributed by atoms with Gasteiger partial charge in [-0.3, -0.25) is 0 Å². The highest BCUT2D eigenvalue weighted by molar-refractivity contribution is 7.99. The molecule has 1 aromatic carbocycles. The topological polar surface area (TPSA) is 63.9 Å². The van der Waals surface area contributed by atoms with Crippen molar-refractivity contribution in [3.63, 3.8) is 0 Å². The van der Waals surface area contributed by atoms with Gasteiger partial charge >= 0.3 is 0 Å². The van der Waals surface area contributed by atoms with Crippen LogP contribution in [0.25, 0.3) is 11.0 Å². The van der Waals surface area contributed by atoms with Crippen LogP contribution in [0.4, 0.5) is 0 Å². The number of nitrogens with one attached hydrogen (secondary N) is 1. The summed E-state index contributed by atoms with van der Waals surface area (Å²) in [6.07, 6.45) is 2.18. The number of imidazole rings is 1. The Bertz CT molecular complexity index is 512. The minimum absolute atomic E-state index is 0.239. The number of hydrogen-bond donors (Lipinski definition) is 2. The number of fused-ring (bicyclic) bond motifs is 1. The van der Waals surface area contributed by atoms with Crippen LogP contribution in [0, 0.1) is 0 Å². The largest absolute Gasteiger partial charge is 0.497 e. The summed E-state index contributed by atoms with van der Waals surface area (Å²) in [7, 11) is 1.66. The number of H-pyrrole nitrogens is 1. The maximum atomic E-state index is 5.99. The lowest BCUT2D eigenvalue weighted by atomic mass is 10.2. The second-order valence-electron chi connectivity index (χ2n) is 4.28. The molecule has 0 radical (unpaired) electrons. The van der Waals surface area contributed by atoms with Gasteiger partial charge < -0.3 is 15.5 Å². The molecule has 0 aliphatic heterocycles. The Balaban J connectivity index is 2.05. The van der Waals surface area contributed by atoms with E-state index in [9.17, 15) is 0 Å². The highest BCUT2D eigenvalue weighted by Crippen LogP contribution is 2.23. The molecule has 0 amide bonds. The highest BCUT2D eigenvalue weighted by Gasteiger charge is 2.07. The summed E-state index contributed by atoms with van der Waals surface area (Å²) in [5, 5.41) is 0.921. The van der Waals surface area contributed by atoms with Gasteiger partial charge in [0.2, 0.25) is 0 Å². The minimum atomic E-state index is 0.239. The van der Waals surface area contributed by atoms with Crippen LogP contribution in [0.15, 0.2) is 23.4 Å². The van der Waals surface area contributed by atoms with Crippen molar-refractivity contribution in [1.82, 2.24) is 9.97 Å². The molecule has 98 valence electrons. The summed E-state index contributed by atoms with van der Waals surface area (Å²) in [6, 6.07) is 6.07. The Morgan fingerprint density at radius 2 is 2.33 bits per heavy atom. The quantitative estimate of drug-likeness (QED) is 0.788. The number of methoxy groups -OCH3 is 1. The average Bonchev–Trinajstić information content (AvgIpc) is 2.78. The molecule has 0 saturated carbocycles. The zero-order valence-corrected chi connectivity index (χ0v) is 11.6. The van der Waals surface area contributed by atoms with Crippen LogP contribution in [-0.4, -0.2) is 28.9 Å². The molecule has 0 aliphatic rings. The molecule has 0 bridgehead atoms. The molecule has 0 aliphatic carbocycles. The summed E-state index contributed by atoms with van der Waals surface area (Å²) in [5.74, 6) is 1.73. The van der Waals surface area contributed by atoms with Crippen LogP contribution >= 0.6 is 11.8 Å². The van der Waals surface area contributed by atoms with Gasteiger partial charge in [-0.25, -0.2) is 4.98 Å². The van der Waals surface area contributed by atoms with Crippen LogP contribution in [0.2, 0.25) is 0 Å². The fourth-order valence-electron chi connectivity index (χ4n) is 1.80. The standard InChI is InChI=1S/C13H19N3OS/c1-3-4-9(14)8-18-13-15-11-6-5-10(17-2)7-12(11)16-13/h5-7,9H,3-4,8,14H2,1-2H3,(H,15,16). The maximum absolute atomic E-state index is 5.99. The van der Waals surface area contributed by atoms with Crippen molar-refractivity contribution >= 4 is 22.8 Å². The lowest BCUT2D eigenvalue weighted by molar-refractivity contribution is 0.415. The molecule has 1 atom stereocenters. The van der Waals surface area contributed by atoms with Crippen molar-refractivity contribution in [3.8, 4) is 5.75 Å². The van der Waals surface area contributed by atoms with Crippen molar-refractivity contribution in [3.05, 3.63) is 18.2 Å². The van der Waals surface area contributed by atoms with E-state index in [-0.39, 0.29) is 6.04 Å². The normalized spacial score (nSPS) is 12.8. The van der Waals surface area contributed by atoms with E-state index in [1.165, 1.54) is 0 Å². The second-order valence-corrected chi connectivity index (χ2v) is 5.29. The zero-order chi connectivity index (χ0) is 13.0. The van der Waals surface area contributed by atoms with Crippen LogP contribution in [-0.2, 0) is 0 Å². The van der Waals surface area contributed by atoms with Gasteiger partial charge in [0, 0.05) is 17.9 Å². The third-order valence-corrected chi connectivity index (χ3v) is 3.82. The third kappa shape index (κ3) is 3.17. The molecule has 0 fully saturated rings. The third-order valence-electron chi connectivity index (χ3n) is 2.76. The number of nitrogens with two attached hydrogens (primary N) is 1. The molecular weight excluding hydrogens is 246 g/mol. The molecule has 2 aromatic rings. The number of ether oxygens (including phenoxy) is 1. The van der Waals surface area contributed by atoms with Crippen molar-refractivity contribution < 1.29 is 4.74 Å². The van der Waals surface area contributed by atoms with E-state index in [0.717, 1.165) is 40.5 Å². The van der Waals surface area contributed by atoms with Gasteiger partial charge in [-0.05, 0) is 18.6 Å². The van der Waals surface area contributed by atoms with Gasteiger partial charge in [0.25, 0.3) is 0 Å². The highest BCUT2D eigenvalue weighted by atomic mass is 32.2. The van der Waals surface area contributed by atoms with Crippen molar-refractivity contribution in [2.45, 2.75) is 31.0 Å². The number of nitrogens with zero attached hydrogens (tertiary/aromatic N) is 1. The van der Waals surface area contributed by atoms with Gasteiger partial charge in [-0.1, -0.05) is 25.1 Å². The zero-order valence-electron chi connectivity index (χ0n) is 10.8. The molecule has 1 unspecified atom stereocenters. The number of aromatic nitrogens is 2. The predicted octanol–water partition coefficient (Wildman–Crippen LogP) is 2.79. The minimum Gasteiger partial charge on any atom is -0.497 e. The lowest BCUT2D eigenvalue weighted by Crippen LogP contribution is -2.22. The monoisotopic (exact) mass is 265 g/mol. The summed E-state index contributed by atoms with van der Waals surface area (Å²) >= 11 is 1.68. The first-order chi connectivity index (χ1) is 8.72. The van der Waals surface area contributed by atoms with Crippen molar-refractivity contribution in [1.29, 1.82) is 0 Å². The summed E-state index contributed by atoms with van der Waals surface area (Å²) in [6.45, 7) is 2.15. The molecule has 4 nitrogen and oxygen atoms in total. The predicted molar refractivity (Wildman–Crippen MR) is 76.3 cm³/mol. The van der Waals surface area contributed by atoms with Gasteiger partial charge in [-0.2, -0.15) is 0 Å². The van der Waals surface area contributed by atoms with E-state index in [1.807, 2.05) is 18.2 Å². The molecule has 3 N–H and O–H groups in total. The first kappa shape index (κ1) is 13.2. The lowest BCUT2D eigenvalue weighted by Gasteiger charge is -2.07. The first-order valence-electron chi connectivity index (χ1n) is 6.15. The number of thioether (sulfide) groups is 1. The molecule has 1 heterocycles. The van der Waals surface area contributed by atoms with Crippen LogP contribution in [0.1, 0.15) is 19.8 Å². The van der Waals surface area contributed by atoms with Gasteiger partial charge in [0.05, 0.1) is 18.1 Å². The van der Waals surface area contributed by atoms with Gasteiger partial charge in [0.1, 0.15) is 5.75 Å². The number of rotatable bonds is 6. The first-order valence-corrected chi connectivity index (χ1v) is 7.13. The van der Waals surface area contributed by atoms with E-state index in [1.54, 1.807) is 18.9 Å². The molecular formula is C13H19N3OS. The number of hydrogen-bond acceptors (Lipinski definition) is 4. The van der Waals surface area contributed by atoms with E-state index in [2.05, 4.69) is 16.9 Å². The van der Waals surface area contributed by atoms with E-state index >= 15 is 0 Å². The molecule has 0 spiro atoms. The maximum Gasteiger partial charge on any atom is 0.166 e. The second kappa shape index (κ2) is 6.11. The number of benzene rings is 1. The Hall–Kier alpha value is -1.20.